The summed E-state index contributed by atoms with van der Waals surface area (Å²) in [6, 6.07) is 12.3. The number of alkyl halides is 3. The van der Waals surface area contributed by atoms with Crippen molar-refractivity contribution in [2.75, 3.05) is 5.73 Å². The molecule has 2 aromatic carbocycles. The van der Waals surface area contributed by atoms with Crippen LogP contribution < -0.4 is 5.73 Å². The highest BCUT2D eigenvalue weighted by Gasteiger charge is 2.35. The number of nitrogen functional groups attached to an aromatic ring is 1. The third-order valence-electron chi connectivity index (χ3n) is 3.23. The minimum atomic E-state index is -4.55. The molecule has 0 aliphatic rings. The molecular weight excluding hydrogens is 277 g/mol. The molecular formula is C16H13F3N2. The van der Waals surface area contributed by atoms with Crippen molar-refractivity contribution in [3.63, 3.8) is 0 Å². The summed E-state index contributed by atoms with van der Waals surface area (Å²) < 4.78 is 39.4. The van der Waals surface area contributed by atoms with Crippen molar-refractivity contribution in [3.05, 3.63) is 64.7 Å². The monoisotopic (exact) mass is 290 g/mol. The van der Waals surface area contributed by atoms with Gasteiger partial charge in [0.25, 0.3) is 0 Å². The maximum Gasteiger partial charge on any atom is 0.416 e. The normalized spacial score (nSPS) is 12.7. The second kappa shape index (κ2) is 5.49. The van der Waals surface area contributed by atoms with Gasteiger partial charge in [0.15, 0.2) is 0 Å². The Morgan fingerprint density at radius 1 is 1.10 bits per heavy atom. The predicted molar refractivity (Wildman–Crippen MR) is 74.5 cm³/mol. The molecule has 5 heteroatoms. The highest BCUT2D eigenvalue weighted by molar-refractivity contribution is 5.51. The Bertz CT molecular complexity index is 682. The number of aryl methyl sites for hydroxylation is 1. The number of anilines is 1. The lowest BCUT2D eigenvalue weighted by molar-refractivity contribution is -0.138. The average Bonchev–Trinajstić information content (AvgIpc) is 2.42. The number of hydrogen-bond donors (Lipinski definition) is 1. The molecule has 0 amide bonds. The van der Waals surface area contributed by atoms with Crippen LogP contribution in [0, 0.1) is 18.3 Å². The smallest absolute Gasteiger partial charge is 0.399 e. The van der Waals surface area contributed by atoms with E-state index in [9.17, 15) is 18.4 Å². The van der Waals surface area contributed by atoms with Crippen molar-refractivity contribution in [1.29, 1.82) is 5.26 Å². The van der Waals surface area contributed by atoms with Gasteiger partial charge in [-0.25, -0.2) is 0 Å². The van der Waals surface area contributed by atoms with Crippen molar-refractivity contribution in [1.82, 2.24) is 0 Å². The highest BCUT2D eigenvalue weighted by Crippen LogP contribution is 2.38. The molecule has 2 nitrogen and oxygen atoms in total. The van der Waals surface area contributed by atoms with E-state index in [0.29, 0.717) is 5.56 Å². The third kappa shape index (κ3) is 3.16. The lowest BCUT2D eigenvalue weighted by Gasteiger charge is -2.17. The van der Waals surface area contributed by atoms with E-state index >= 15 is 0 Å². The molecule has 0 saturated heterocycles. The zero-order valence-corrected chi connectivity index (χ0v) is 11.3. The van der Waals surface area contributed by atoms with Crippen LogP contribution in [-0.2, 0) is 6.18 Å². The van der Waals surface area contributed by atoms with Gasteiger partial charge in [-0.2, -0.15) is 18.4 Å². The van der Waals surface area contributed by atoms with Crippen LogP contribution in [0.25, 0.3) is 0 Å². The van der Waals surface area contributed by atoms with Crippen molar-refractivity contribution in [2.45, 2.75) is 19.0 Å². The largest absolute Gasteiger partial charge is 0.416 e. The average molecular weight is 290 g/mol. The lowest BCUT2D eigenvalue weighted by Crippen LogP contribution is -2.13. The van der Waals surface area contributed by atoms with Crippen molar-refractivity contribution in [3.8, 4) is 6.07 Å². The molecule has 21 heavy (non-hydrogen) atoms. The van der Waals surface area contributed by atoms with Gasteiger partial charge in [0.05, 0.1) is 17.6 Å². The molecule has 0 radical (unpaired) electrons. The summed E-state index contributed by atoms with van der Waals surface area (Å²) in [5, 5.41) is 9.31. The van der Waals surface area contributed by atoms with Crippen LogP contribution in [0.1, 0.15) is 28.2 Å². The zero-order valence-electron chi connectivity index (χ0n) is 11.3. The first-order valence-electron chi connectivity index (χ1n) is 6.25. The van der Waals surface area contributed by atoms with E-state index in [1.54, 1.807) is 24.3 Å². The molecule has 0 aliphatic heterocycles. The van der Waals surface area contributed by atoms with Gasteiger partial charge in [-0.05, 0) is 30.2 Å². The van der Waals surface area contributed by atoms with E-state index in [0.717, 1.165) is 11.6 Å². The fourth-order valence-corrected chi connectivity index (χ4v) is 2.15. The van der Waals surface area contributed by atoms with Gasteiger partial charge in [0.1, 0.15) is 0 Å². The van der Waals surface area contributed by atoms with E-state index in [4.69, 9.17) is 5.73 Å². The molecule has 2 rings (SSSR count). The van der Waals surface area contributed by atoms with Gasteiger partial charge in [-0.1, -0.05) is 35.9 Å². The molecule has 108 valence electrons. The van der Waals surface area contributed by atoms with Gasteiger partial charge in [0.2, 0.25) is 0 Å². The number of hydrogen-bond acceptors (Lipinski definition) is 2. The zero-order chi connectivity index (χ0) is 15.6. The molecule has 0 heterocycles. The van der Waals surface area contributed by atoms with Crippen LogP contribution in [0.2, 0.25) is 0 Å². The van der Waals surface area contributed by atoms with Crippen molar-refractivity contribution >= 4 is 5.69 Å². The first-order chi connectivity index (χ1) is 9.82. The van der Waals surface area contributed by atoms with Crippen molar-refractivity contribution < 1.29 is 13.2 Å². The minimum Gasteiger partial charge on any atom is -0.399 e. The number of nitrogens with zero attached hydrogens (tertiary/aromatic N) is 1. The Kier molecular flexibility index (Phi) is 3.90. The molecule has 0 aromatic heterocycles. The summed E-state index contributed by atoms with van der Waals surface area (Å²) in [5.41, 5.74) is 6.02. The Labute approximate surface area is 120 Å². The Balaban J connectivity index is 2.58. The van der Waals surface area contributed by atoms with E-state index in [1.165, 1.54) is 12.1 Å². The van der Waals surface area contributed by atoms with E-state index in [-0.39, 0.29) is 11.3 Å². The highest BCUT2D eigenvalue weighted by atomic mass is 19.4. The van der Waals surface area contributed by atoms with Gasteiger partial charge >= 0.3 is 6.18 Å². The summed E-state index contributed by atoms with van der Waals surface area (Å²) in [5.74, 6) is -0.983. The number of rotatable bonds is 2. The predicted octanol–water partition coefficient (Wildman–Crippen LogP) is 4.25. The second-order valence-corrected chi connectivity index (χ2v) is 4.82. The SMILES string of the molecule is Cc1ccc(C(C#N)c2ccc(N)cc2C(F)(F)F)cc1. The van der Waals surface area contributed by atoms with Crippen LogP contribution in [0.3, 0.4) is 0 Å². The maximum absolute atomic E-state index is 13.1. The Hall–Kier alpha value is -2.48. The molecule has 1 unspecified atom stereocenters. The van der Waals surface area contributed by atoms with Gasteiger partial charge in [0, 0.05) is 5.69 Å². The number of benzene rings is 2. The van der Waals surface area contributed by atoms with Crippen LogP contribution in [-0.4, -0.2) is 0 Å². The molecule has 1 atom stereocenters. The molecule has 0 bridgehead atoms. The van der Waals surface area contributed by atoms with E-state index in [2.05, 4.69) is 0 Å². The quantitative estimate of drug-likeness (QED) is 0.840. The Morgan fingerprint density at radius 3 is 2.24 bits per heavy atom. The summed E-state index contributed by atoms with van der Waals surface area (Å²) in [6.45, 7) is 1.87. The van der Waals surface area contributed by atoms with Crippen LogP contribution >= 0.6 is 0 Å². The number of nitrogens with two attached hydrogens (primary N) is 1. The fourth-order valence-electron chi connectivity index (χ4n) is 2.15. The molecule has 2 N–H and O–H groups in total. The Morgan fingerprint density at radius 2 is 1.71 bits per heavy atom. The summed E-state index contributed by atoms with van der Waals surface area (Å²) in [6.07, 6.45) is -4.55. The molecule has 0 spiro atoms. The maximum atomic E-state index is 13.1. The minimum absolute atomic E-state index is 0.0201. The first kappa shape index (κ1) is 14.9. The summed E-state index contributed by atoms with van der Waals surface area (Å²) >= 11 is 0. The third-order valence-corrected chi connectivity index (χ3v) is 3.23. The first-order valence-corrected chi connectivity index (χ1v) is 6.25. The molecule has 0 fully saturated rings. The molecule has 2 aromatic rings. The van der Waals surface area contributed by atoms with E-state index in [1.807, 2.05) is 13.0 Å². The molecule has 0 saturated carbocycles. The van der Waals surface area contributed by atoms with Gasteiger partial charge in [-0.15, -0.1) is 0 Å². The number of nitriles is 1. The standard InChI is InChI=1S/C16H13F3N2/c1-10-2-4-11(5-3-10)14(9-20)13-7-6-12(21)8-15(13)16(17,18)19/h2-8,14H,21H2,1H3. The van der Waals surface area contributed by atoms with Crippen LogP contribution in [0.15, 0.2) is 42.5 Å². The topological polar surface area (TPSA) is 49.8 Å². The fraction of sp³-hybridized carbons (Fsp3) is 0.188. The van der Waals surface area contributed by atoms with Crippen molar-refractivity contribution in [2.24, 2.45) is 0 Å². The summed E-state index contributed by atoms with van der Waals surface area (Å²) in [4.78, 5) is 0. The van der Waals surface area contributed by atoms with Gasteiger partial charge < -0.3 is 5.73 Å². The second-order valence-electron chi connectivity index (χ2n) is 4.82. The van der Waals surface area contributed by atoms with E-state index < -0.39 is 17.7 Å². The van der Waals surface area contributed by atoms with Crippen LogP contribution in [0.4, 0.5) is 18.9 Å². The van der Waals surface area contributed by atoms with Gasteiger partial charge in [-0.3, -0.25) is 0 Å². The van der Waals surface area contributed by atoms with Crippen LogP contribution in [0.5, 0.6) is 0 Å². The molecule has 0 aliphatic carbocycles. The summed E-state index contributed by atoms with van der Waals surface area (Å²) in [7, 11) is 0. The lowest BCUT2D eigenvalue weighted by atomic mass is 9.88. The number of halogens is 3.